The Morgan fingerprint density at radius 1 is 1.39 bits per heavy atom. The number of allylic oxidation sites excluding steroid dienone is 1. The van der Waals surface area contributed by atoms with Gasteiger partial charge in [0.2, 0.25) is 0 Å². The molecule has 8 nitrogen and oxygen atoms in total. The van der Waals surface area contributed by atoms with Crippen molar-refractivity contribution in [2.45, 2.75) is 43.9 Å². The van der Waals surface area contributed by atoms with Crippen molar-refractivity contribution in [3.05, 3.63) is 57.6 Å². The molecule has 10 heteroatoms. The van der Waals surface area contributed by atoms with Crippen molar-refractivity contribution in [3.63, 3.8) is 0 Å². The van der Waals surface area contributed by atoms with Gasteiger partial charge in [-0.1, -0.05) is 53.7 Å². The van der Waals surface area contributed by atoms with Gasteiger partial charge in [-0.15, -0.1) is 0 Å². The van der Waals surface area contributed by atoms with Crippen molar-refractivity contribution >= 4 is 29.3 Å². The van der Waals surface area contributed by atoms with E-state index in [1.807, 2.05) is 44.2 Å². The molecule has 0 aromatic heterocycles. The van der Waals surface area contributed by atoms with E-state index in [0.717, 1.165) is 5.56 Å². The quantitative estimate of drug-likeness (QED) is 0.424. The van der Waals surface area contributed by atoms with Crippen LogP contribution >= 0.6 is 23.4 Å². The summed E-state index contributed by atoms with van der Waals surface area (Å²) >= 11 is 7.60. The maximum Gasteiger partial charge on any atom is 0.268 e. The largest absolute Gasteiger partial charge is 0.375 e. The Bertz CT molecular complexity index is 854. The van der Waals surface area contributed by atoms with E-state index >= 15 is 0 Å². The van der Waals surface area contributed by atoms with Crippen molar-refractivity contribution in [2.75, 3.05) is 33.4 Å². The number of ether oxygens (including phenoxy) is 4. The number of amides is 1. The average molecular weight is 498 g/mol. The number of nitrogens with one attached hydrogen (secondary N) is 2. The van der Waals surface area contributed by atoms with Crippen LogP contribution in [0.2, 0.25) is 0 Å². The summed E-state index contributed by atoms with van der Waals surface area (Å²) < 4.78 is 24.3. The van der Waals surface area contributed by atoms with Crippen LogP contribution in [0.1, 0.15) is 25.7 Å². The Hall–Kier alpha value is -1.59. The average Bonchev–Trinajstić information content (AvgIpc) is 2.83. The van der Waals surface area contributed by atoms with Crippen LogP contribution in [0.5, 0.6) is 0 Å². The van der Waals surface area contributed by atoms with E-state index in [-0.39, 0.29) is 24.7 Å². The van der Waals surface area contributed by atoms with Gasteiger partial charge in [0.15, 0.2) is 6.29 Å². The minimum absolute atomic E-state index is 0.233. The van der Waals surface area contributed by atoms with Crippen LogP contribution in [-0.4, -0.2) is 63.0 Å². The van der Waals surface area contributed by atoms with Gasteiger partial charge in [0.05, 0.1) is 19.3 Å². The molecular formula is C23H32ClN3O5S. The van der Waals surface area contributed by atoms with Crippen LogP contribution < -0.4 is 16.4 Å². The lowest BCUT2D eigenvalue weighted by Crippen LogP contribution is -2.46. The number of hydrogen-bond acceptors (Lipinski definition) is 8. The fourth-order valence-electron chi connectivity index (χ4n) is 3.47. The molecule has 0 radical (unpaired) electrons. The number of halogens is 1. The second-order valence-electron chi connectivity index (χ2n) is 7.57. The molecule has 0 spiro atoms. The molecule has 1 saturated heterocycles. The Morgan fingerprint density at radius 2 is 2.15 bits per heavy atom. The second-order valence-corrected chi connectivity index (χ2v) is 9.20. The lowest BCUT2D eigenvalue weighted by Gasteiger charge is -2.38. The zero-order valence-corrected chi connectivity index (χ0v) is 20.7. The van der Waals surface area contributed by atoms with Gasteiger partial charge in [-0.3, -0.25) is 4.79 Å². The molecule has 5 atom stereocenters. The highest BCUT2D eigenvalue weighted by Crippen LogP contribution is 2.35. The second kappa shape index (κ2) is 12.8. The fourth-order valence-corrected chi connectivity index (χ4v) is 4.99. The number of thioether (sulfide) groups is 1. The van der Waals surface area contributed by atoms with Crippen LogP contribution in [0, 0.1) is 0 Å². The Kier molecular flexibility index (Phi) is 10.1. The molecular weight excluding hydrogens is 466 g/mol. The molecule has 4 N–H and O–H groups in total. The molecule has 1 fully saturated rings. The van der Waals surface area contributed by atoms with Gasteiger partial charge in [-0.2, -0.15) is 0 Å². The number of carbonyl (C=O) groups is 1. The molecule has 0 aliphatic carbocycles. The fraction of sp³-hybridized carbons (Fsp3) is 0.522. The highest BCUT2D eigenvalue weighted by molar-refractivity contribution is 8.03. The van der Waals surface area contributed by atoms with Crippen molar-refractivity contribution in [1.29, 1.82) is 0 Å². The summed E-state index contributed by atoms with van der Waals surface area (Å²) in [6, 6.07) is 9.78. The van der Waals surface area contributed by atoms with Crippen molar-refractivity contribution in [3.8, 4) is 0 Å². The number of rotatable bonds is 10. The maximum absolute atomic E-state index is 12.4. The first-order valence-electron chi connectivity index (χ1n) is 11.0. The van der Waals surface area contributed by atoms with Gasteiger partial charge in [0, 0.05) is 35.7 Å². The smallest absolute Gasteiger partial charge is 0.268 e. The third kappa shape index (κ3) is 6.95. The molecule has 0 bridgehead atoms. The minimum Gasteiger partial charge on any atom is -0.375 e. The van der Waals surface area contributed by atoms with Gasteiger partial charge in [-0.05, 0) is 19.9 Å². The summed E-state index contributed by atoms with van der Waals surface area (Å²) in [5.41, 5.74) is 6.89. The van der Waals surface area contributed by atoms with Gasteiger partial charge in [-0.25, -0.2) is 0 Å². The van der Waals surface area contributed by atoms with E-state index in [0.29, 0.717) is 35.4 Å². The standard InChI is InChI=1S/C23H32ClN3O5S/c1-4-29-17(11-25)23(33-19-10-16(24)12-27-20(19)21(28)26-3)32-18-13-30-22(31-14(18)2)15-8-6-5-7-9-15/h5-10,14,17-18,22-23,27H,4,11-13,25H2,1-3H3,(H,26,28)/t14?,17-,18?,22?,23?/m0/s1. The predicted molar refractivity (Wildman–Crippen MR) is 129 cm³/mol. The van der Waals surface area contributed by atoms with Crippen molar-refractivity contribution < 1.29 is 23.7 Å². The molecule has 33 heavy (non-hydrogen) atoms. The topological polar surface area (TPSA) is 104 Å². The third-order valence-corrected chi connectivity index (χ3v) is 6.70. The lowest BCUT2D eigenvalue weighted by molar-refractivity contribution is -0.266. The van der Waals surface area contributed by atoms with E-state index < -0.39 is 17.8 Å². The summed E-state index contributed by atoms with van der Waals surface area (Å²) in [4.78, 5) is 13.0. The van der Waals surface area contributed by atoms with Crippen molar-refractivity contribution in [2.24, 2.45) is 5.73 Å². The highest BCUT2D eigenvalue weighted by Gasteiger charge is 2.36. The number of hydrogen-bond donors (Lipinski definition) is 3. The zero-order valence-electron chi connectivity index (χ0n) is 19.1. The van der Waals surface area contributed by atoms with Crippen LogP contribution in [0.3, 0.4) is 0 Å². The molecule has 4 unspecified atom stereocenters. The SMILES string of the molecule is CCO[C@@H](CN)C(OC1COC(c2ccccc2)OC1C)SC1=C(C(=O)NC)NCC(Cl)=C1. The first kappa shape index (κ1) is 26.0. The first-order valence-corrected chi connectivity index (χ1v) is 12.2. The Labute approximate surface area is 204 Å². The highest BCUT2D eigenvalue weighted by atomic mass is 35.5. The summed E-state index contributed by atoms with van der Waals surface area (Å²) in [6.45, 7) is 5.30. The molecule has 1 amide bonds. The van der Waals surface area contributed by atoms with E-state index in [9.17, 15) is 4.79 Å². The van der Waals surface area contributed by atoms with Crippen LogP contribution in [-0.2, 0) is 23.7 Å². The van der Waals surface area contributed by atoms with E-state index in [2.05, 4.69) is 10.6 Å². The van der Waals surface area contributed by atoms with Gasteiger partial charge < -0.3 is 35.3 Å². The van der Waals surface area contributed by atoms with Crippen LogP contribution in [0.15, 0.2) is 52.0 Å². The molecule has 1 aromatic rings. The Morgan fingerprint density at radius 3 is 2.79 bits per heavy atom. The lowest BCUT2D eigenvalue weighted by atomic mass is 10.1. The van der Waals surface area contributed by atoms with Gasteiger partial charge >= 0.3 is 0 Å². The molecule has 2 aliphatic rings. The molecule has 182 valence electrons. The number of dihydropyridines is 1. The van der Waals surface area contributed by atoms with Crippen LogP contribution in [0.25, 0.3) is 0 Å². The number of carbonyl (C=O) groups excluding carboxylic acids is 1. The van der Waals surface area contributed by atoms with Crippen molar-refractivity contribution in [1.82, 2.24) is 10.6 Å². The van der Waals surface area contributed by atoms with E-state index in [1.165, 1.54) is 11.8 Å². The number of likely N-dealkylation sites (N-methyl/N-ethyl adjacent to an activating group) is 1. The summed E-state index contributed by atoms with van der Waals surface area (Å²) in [5.74, 6) is -0.235. The molecule has 2 aliphatic heterocycles. The monoisotopic (exact) mass is 497 g/mol. The third-order valence-electron chi connectivity index (χ3n) is 5.24. The van der Waals surface area contributed by atoms with Gasteiger partial charge in [0.25, 0.3) is 5.91 Å². The zero-order chi connectivity index (χ0) is 23.8. The number of nitrogens with two attached hydrogens (primary N) is 1. The van der Waals surface area contributed by atoms with Gasteiger partial charge in [0.1, 0.15) is 23.3 Å². The number of benzene rings is 1. The molecule has 1 aromatic carbocycles. The normalized spacial score (nSPS) is 25.1. The maximum atomic E-state index is 12.4. The molecule has 3 rings (SSSR count). The predicted octanol–water partition coefficient (Wildman–Crippen LogP) is 2.61. The summed E-state index contributed by atoms with van der Waals surface area (Å²) in [5, 5.41) is 6.31. The van der Waals surface area contributed by atoms with E-state index in [4.69, 9.17) is 36.3 Å². The van der Waals surface area contributed by atoms with E-state index in [1.54, 1.807) is 13.1 Å². The summed E-state index contributed by atoms with van der Waals surface area (Å²) in [7, 11) is 1.58. The van der Waals surface area contributed by atoms with Crippen LogP contribution in [0.4, 0.5) is 0 Å². The Balaban J connectivity index is 1.77. The molecule has 0 saturated carbocycles. The summed E-state index contributed by atoms with van der Waals surface area (Å²) in [6.07, 6.45) is 0.328. The first-order chi connectivity index (χ1) is 16.0. The molecule has 2 heterocycles. The minimum atomic E-state index is -0.516.